The minimum atomic E-state index is -0.253. The number of ether oxygens (including phenoxy) is 1. The van der Waals surface area contributed by atoms with Crippen LogP contribution in [0.3, 0.4) is 0 Å². The lowest BCUT2D eigenvalue weighted by Crippen LogP contribution is -2.44. The number of aliphatic hydroxyl groups excluding tert-OH is 1. The molecule has 9 nitrogen and oxygen atoms in total. The number of aliphatic hydroxyl groups is 1. The standard InChI is InChI=1S/C26H30ClN5O4/c27-20-10-6-11-21(23(20)25(35)31-13-5-4-9-19(31)12-14-33)36-16-18-15-22(34)32-26(28-18)29-24(30-32)17-7-2-1-3-8-17/h2,6-8,10-11,15,19,24,30,33H,1,3-5,9,12-14,16H2,(H,28,29)/t19-,24?/m1/s1. The molecule has 36 heavy (non-hydrogen) atoms. The summed E-state index contributed by atoms with van der Waals surface area (Å²) in [5.41, 5.74) is 4.67. The number of allylic oxidation sites excluding steroid dienone is 2. The summed E-state index contributed by atoms with van der Waals surface area (Å²) in [5, 5.41) is 13.0. The molecular formula is C26H30ClN5O4. The number of carbonyl (C=O) groups excluding carboxylic acids is 1. The predicted octanol–water partition coefficient (Wildman–Crippen LogP) is 3.42. The molecule has 1 amide bonds. The lowest BCUT2D eigenvalue weighted by atomic mass is 9.98. The predicted molar refractivity (Wildman–Crippen MR) is 138 cm³/mol. The molecule has 2 atom stereocenters. The second kappa shape index (κ2) is 10.8. The van der Waals surface area contributed by atoms with Crippen LogP contribution in [-0.4, -0.2) is 50.9 Å². The Labute approximate surface area is 214 Å². The number of aromatic nitrogens is 2. The molecule has 1 fully saturated rings. The van der Waals surface area contributed by atoms with E-state index in [0.29, 0.717) is 35.4 Å². The Bertz CT molecular complexity index is 1260. The quantitative estimate of drug-likeness (QED) is 0.522. The highest BCUT2D eigenvalue weighted by atomic mass is 35.5. The Morgan fingerprint density at radius 2 is 2.17 bits per heavy atom. The number of benzene rings is 1. The van der Waals surface area contributed by atoms with E-state index < -0.39 is 0 Å². The van der Waals surface area contributed by atoms with E-state index in [1.54, 1.807) is 23.1 Å². The van der Waals surface area contributed by atoms with Gasteiger partial charge in [0.1, 0.15) is 24.1 Å². The molecule has 1 unspecified atom stereocenters. The summed E-state index contributed by atoms with van der Waals surface area (Å²) in [4.78, 5) is 32.6. The second-order valence-electron chi connectivity index (χ2n) is 9.20. The van der Waals surface area contributed by atoms with Crippen molar-refractivity contribution in [3.63, 3.8) is 0 Å². The van der Waals surface area contributed by atoms with E-state index in [1.165, 1.54) is 10.7 Å². The van der Waals surface area contributed by atoms with Gasteiger partial charge in [-0.25, -0.2) is 4.98 Å². The van der Waals surface area contributed by atoms with Gasteiger partial charge in [0.2, 0.25) is 5.95 Å². The number of halogens is 1. The molecule has 2 aliphatic heterocycles. The van der Waals surface area contributed by atoms with Crippen molar-refractivity contribution in [3.05, 3.63) is 74.7 Å². The van der Waals surface area contributed by atoms with E-state index in [2.05, 4.69) is 27.9 Å². The number of carbonyl (C=O) groups is 1. The van der Waals surface area contributed by atoms with Crippen molar-refractivity contribution in [2.75, 3.05) is 23.9 Å². The van der Waals surface area contributed by atoms with Gasteiger partial charge in [0, 0.05) is 25.3 Å². The number of nitrogens with zero attached hydrogens (tertiary/aromatic N) is 3. The van der Waals surface area contributed by atoms with Crippen LogP contribution >= 0.6 is 11.6 Å². The Morgan fingerprint density at radius 1 is 1.28 bits per heavy atom. The molecular weight excluding hydrogens is 482 g/mol. The average molecular weight is 512 g/mol. The van der Waals surface area contributed by atoms with Crippen LogP contribution in [0.2, 0.25) is 5.02 Å². The lowest BCUT2D eigenvalue weighted by molar-refractivity contribution is 0.0570. The van der Waals surface area contributed by atoms with Gasteiger partial charge in [-0.1, -0.05) is 35.9 Å². The van der Waals surface area contributed by atoms with Crippen molar-refractivity contribution >= 4 is 23.5 Å². The molecule has 5 rings (SSSR count). The van der Waals surface area contributed by atoms with Gasteiger partial charge in [0.25, 0.3) is 11.5 Å². The maximum absolute atomic E-state index is 13.5. The van der Waals surface area contributed by atoms with Gasteiger partial charge >= 0.3 is 0 Å². The van der Waals surface area contributed by atoms with Crippen LogP contribution in [0.5, 0.6) is 5.75 Å². The van der Waals surface area contributed by atoms with Crippen LogP contribution in [0.1, 0.15) is 54.6 Å². The summed E-state index contributed by atoms with van der Waals surface area (Å²) in [5.74, 6) is 0.538. The Kier molecular flexibility index (Phi) is 7.29. The van der Waals surface area contributed by atoms with E-state index >= 15 is 0 Å². The van der Waals surface area contributed by atoms with E-state index in [-0.39, 0.29) is 42.5 Å². The minimum Gasteiger partial charge on any atom is -0.486 e. The zero-order valence-corrected chi connectivity index (χ0v) is 20.7. The molecule has 1 aromatic carbocycles. The fourth-order valence-electron chi connectivity index (χ4n) is 4.97. The molecule has 0 radical (unpaired) electrons. The number of nitrogens with one attached hydrogen (secondary N) is 2. The minimum absolute atomic E-state index is 0.00127. The summed E-state index contributed by atoms with van der Waals surface area (Å²) >= 11 is 6.47. The normalized spacial score (nSPS) is 20.8. The first-order valence-electron chi connectivity index (χ1n) is 12.4. The average Bonchev–Trinajstić information content (AvgIpc) is 3.33. The van der Waals surface area contributed by atoms with E-state index in [4.69, 9.17) is 16.3 Å². The highest BCUT2D eigenvalue weighted by Gasteiger charge is 2.30. The van der Waals surface area contributed by atoms with Gasteiger partial charge in [-0.15, -0.1) is 0 Å². The molecule has 0 spiro atoms. The number of piperidine rings is 1. The summed E-state index contributed by atoms with van der Waals surface area (Å²) in [6, 6.07) is 6.47. The number of anilines is 1. The van der Waals surface area contributed by atoms with Crippen molar-refractivity contribution in [3.8, 4) is 5.75 Å². The van der Waals surface area contributed by atoms with Crippen LogP contribution in [0, 0.1) is 0 Å². The van der Waals surface area contributed by atoms with Crippen molar-refractivity contribution in [2.45, 2.75) is 57.3 Å². The van der Waals surface area contributed by atoms with Crippen molar-refractivity contribution in [2.24, 2.45) is 0 Å². The third-order valence-corrected chi connectivity index (χ3v) is 7.09. The Hall–Kier alpha value is -3.30. The maximum atomic E-state index is 13.5. The molecule has 10 heteroatoms. The molecule has 3 N–H and O–H groups in total. The third-order valence-electron chi connectivity index (χ3n) is 6.78. The molecule has 1 aromatic heterocycles. The first kappa shape index (κ1) is 24.4. The van der Waals surface area contributed by atoms with Crippen molar-refractivity contribution < 1.29 is 14.6 Å². The second-order valence-corrected chi connectivity index (χ2v) is 9.60. The molecule has 2 aromatic rings. The number of hydrogen-bond donors (Lipinski definition) is 3. The van der Waals surface area contributed by atoms with Crippen LogP contribution in [0.25, 0.3) is 0 Å². The van der Waals surface area contributed by atoms with Gasteiger partial charge in [0.15, 0.2) is 0 Å². The maximum Gasteiger partial charge on any atom is 0.273 e. The van der Waals surface area contributed by atoms with Gasteiger partial charge in [-0.3, -0.25) is 15.0 Å². The van der Waals surface area contributed by atoms with Crippen LogP contribution < -0.4 is 21.0 Å². The fourth-order valence-corrected chi connectivity index (χ4v) is 5.21. The number of fused-ring (bicyclic) bond motifs is 1. The van der Waals surface area contributed by atoms with Crippen LogP contribution in [0.15, 0.2) is 52.9 Å². The monoisotopic (exact) mass is 511 g/mol. The summed E-state index contributed by atoms with van der Waals surface area (Å²) < 4.78 is 7.40. The molecule has 3 aliphatic rings. The topological polar surface area (TPSA) is 109 Å². The summed E-state index contributed by atoms with van der Waals surface area (Å²) in [6.07, 6.45) is 11.3. The van der Waals surface area contributed by atoms with Crippen LogP contribution in [0.4, 0.5) is 5.95 Å². The molecule has 3 heterocycles. The zero-order chi connectivity index (χ0) is 25.1. The molecule has 190 valence electrons. The summed E-state index contributed by atoms with van der Waals surface area (Å²) in [7, 11) is 0. The molecule has 0 saturated carbocycles. The molecule has 1 saturated heterocycles. The largest absolute Gasteiger partial charge is 0.486 e. The highest BCUT2D eigenvalue weighted by Crippen LogP contribution is 2.31. The van der Waals surface area contributed by atoms with Crippen molar-refractivity contribution in [1.82, 2.24) is 14.6 Å². The van der Waals surface area contributed by atoms with Gasteiger partial charge in [-0.2, -0.15) is 4.68 Å². The SMILES string of the molecule is O=C(c1c(Cl)cccc1OCc1cc(=O)n2c(n1)NC(C1=CCCC=C1)N2)N1CCCC[C@@H]1CCO. The van der Waals surface area contributed by atoms with Gasteiger partial charge < -0.3 is 20.1 Å². The Balaban J connectivity index is 1.33. The highest BCUT2D eigenvalue weighted by molar-refractivity contribution is 6.34. The zero-order valence-electron chi connectivity index (χ0n) is 20.0. The van der Waals surface area contributed by atoms with Gasteiger partial charge in [-0.05, 0) is 56.2 Å². The van der Waals surface area contributed by atoms with Crippen LogP contribution in [-0.2, 0) is 6.61 Å². The third kappa shape index (κ3) is 4.99. The summed E-state index contributed by atoms with van der Waals surface area (Å²) in [6.45, 7) is 0.638. The first-order chi connectivity index (χ1) is 17.5. The lowest BCUT2D eigenvalue weighted by Gasteiger charge is -2.36. The fraction of sp³-hybridized carbons (Fsp3) is 0.423. The Morgan fingerprint density at radius 3 is 2.97 bits per heavy atom. The van der Waals surface area contributed by atoms with Gasteiger partial charge in [0.05, 0.1) is 10.7 Å². The smallest absolute Gasteiger partial charge is 0.273 e. The number of rotatable bonds is 7. The number of amides is 1. The number of hydrogen-bond acceptors (Lipinski definition) is 7. The molecule has 1 aliphatic carbocycles. The van der Waals surface area contributed by atoms with Crippen molar-refractivity contribution in [1.29, 1.82) is 0 Å². The first-order valence-corrected chi connectivity index (χ1v) is 12.8. The molecule has 0 bridgehead atoms. The van der Waals surface area contributed by atoms with E-state index in [0.717, 1.165) is 37.7 Å². The van der Waals surface area contributed by atoms with E-state index in [9.17, 15) is 14.7 Å². The number of likely N-dealkylation sites (tertiary alicyclic amines) is 1. The van der Waals surface area contributed by atoms with E-state index in [1.807, 2.05) is 6.08 Å².